The lowest BCUT2D eigenvalue weighted by Crippen LogP contribution is -1.93. The maximum absolute atomic E-state index is 11.1. The summed E-state index contributed by atoms with van der Waals surface area (Å²) in [6.45, 7) is 3.95. The van der Waals surface area contributed by atoms with Crippen LogP contribution in [0.2, 0.25) is 0 Å². The molecular formula is C13H10O3. The van der Waals surface area contributed by atoms with Crippen molar-refractivity contribution in [1.29, 1.82) is 0 Å². The third-order valence-corrected chi connectivity index (χ3v) is 2.92. The third kappa shape index (κ3) is 1.18. The van der Waals surface area contributed by atoms with Gasteiger partial charge >= 0.3 is 5.63 Å². The summed E-state index contributed by atoms with van der Waals surface area (Å²) in [4.78, 5) is 11.1. The van der Waals surface area contributed by atoms with Gasteiger partial charge in [-0.1, -0.05) is 0 Å². The Morgan fingerprint density at radius 3 is 2.62 bits per heavy atom. The zero-order valence-electron chi connectivity index (χ0n) is 9.03. The van der Waals surface area contributed by atoms with Crippen LogP contribution in [0.5, 0.6) is 0 Å². The maximum atomic E-state index is 11.1. The second-order valence-corrected chi connectivity index (χ2v) is 3.92. The normalized spacial score (nSPS) is 11.4. The fourth-order valence-electron chi connectivity index (χ4n) is 1.91. The van der Waals surface area contributed by atoms with Crippen molar-refractivity contribution in [3.05, 3.63) is 46.0 Å². The highest BCUT2D eigenvalue weighted by molar-refractivity contribution is 5.94. The summed E-state index contributed by atoms with van der Waals surface area (Å²) in [5.74, 6) is 0.896. The highest BCUT2D eigenvalue weighted by Gasteiger charge is 2.09. The molecule has 0 saturated heterocycles. The molecule has 0 radical (unpaired) electrons. The lowest BCUT2D eigenvalue weighted by atomic mass is 10.1. The van der Waals surface area contributed by atoms with Crippen LogP contribution in [0, 0.1) is 13.8 Å². The predicted molar refractivity (Wildman–Crippen MR) is 61.7 cm³/mol. The second-order valence-electron chi connectivity index (χ2n) is 3.92. The number of furan rings is 1. The standard InChI is InChI=1S/C13H10O3/c1-7-8(2)15-12-6-11-9(5-10(7)12)3-4-13(14)16-11/h3-6H,1-2H3. The van der Waals surface area contributed by atoms with E-state index >= 15 is 0 Å². The van der Waals surface area contributed by atoms with E-state index in [2.05, 4.69) is 0 Å². The lowest BCUT2D eigenvalue weighted by molar-refractivity contribution is 0.555. The molecule has 3 rings (SSSR count). The molecule has 0 bridgehead atoms. The minimum Gasteiger partial charge on any atom is -0.461 e. The molecule has 1 aromatic carbocycles. The molecule has 0 atom stereocenters. The summed E-state index contributed by atoms with van der Waals surface area (Å²) >= 11 is 0. The van der Waals surface area contributed by atoms with Crippen molar-refractivity contribution in [1.82, 2.24) is 0 Å². The molecule has 0 amide bonds. The van der Waals surface area contributed by atoms with Crippen LogP contribution < -0.4 is 5.63 Å². The molecule has 0 aliphatic carbocycles. The molecule has 0 N–H and O–H groups in total. The van der Waals surface area contributed by atoms with Gasteiger partial charge in [-0.25, -0.2) is 4.79 Å². The molecule has 3 heteroatoms. The molecule has 16 heavy (non-hydrogen) atoms. The monoisotopic (exact) mass is 214 g/mol. The molecule has 0 aliphatic heterocycles. The van der Waals surface area contributed by atoms with Gasteiger partial charge in [0.1, 0.15) is 16.9 Å². The number of aryl methyl sites for hydroxylation is 2. The van der Waals surface area contributed by atoms with Crippen LogP contribution in [0.4, 0.5) is 0 Å². The first-order valence-corrected chi connectivity index (χ1v) is 5.09. The highest BCUT2D eigenvalue weighted by atomic mass is 16.4. The number of benzene rings is 1. The van der Waals surface area contributed by atoms with E-state index in [1.54, 1.807) is 12.1 Å². The van der Waals surface area contributed by atoms with Gasteiger partial charge in [0.25, 0.3) is 0 Å². The molecule has 0 aliphatic rings. The van der Waals surface area contributed by atoms with E-state index in [4.69, 9.17) is 8.83 Å². The van der Waals surface area contributed by atoms with Crippen molar-refractivity contribution in [2.75, 3.05) is 0 Å². The smallest absolute Gasteiger partial charge is 0.336 e. The zero-order chi connectivity index (χ0) is 11.3. The van der Waals surface area contributed by atoms with E-state index in [9.17, 15) is 4.79 Å². The Hall–Kier alpha value is -2.03. The van der Waals surface area contributed by atoms with E-state index in [1.165, 1.54) is 6.07 Å². The van der Waals surface area contributed by atoms with Crippen molar-refractivity contribution < 1.29 is 8.83 Å². The number of rotatable bonds is 0. The van der Waals surface area contributed by atoms with E-state index in [0.717, 1.165) is 27.7 Å². The first-order valence-electron chi connectivity index (χ1n) is 5.09. The van der Waals surface area contributed by atoms with Gasteiger partial charge in [-0.15, -0.1) is 0 Å². The summed E-state index contributed by atoms with van der Waals surface area (Å²) in [6, 6.07) is 6.95. The first kappa shape index (κ1) is 9.21. The maximum Gasteiger partial charge on any atom is 0.336 e. The summed E-state index contributed by atoms with van der Waals surface area (Å²) in [7, 11) is 0. The van der Waals surface area contributed by atoms with Crippen LogP contribution in [-0.2, 0) is 0 Å². The SMILES string of the molecule is Cc1oc2cc3oc(=O)ccc3cc2c1C. The summed E-state index contributed by atoms with van der Waals surface area (Å²) in [6.07, 6.45) is 0. The number of hydrogen-bond donors (Lipinski definition) is 0. The molecular weight excluding hydrogens is 204 g/mol. The Balaban J connectivity index is 2.53. The Bertz CT molecular complexity index is 747. The molecule has 0 saturated carbocycles. The van der Waals surface area contributed by atoms with Gasteiger partial charge in [0, 0.05) is 22.9 Å². The summed E-state index contributed by atoms with van der Waals surface area (Å²) < 4.78 is 10.7. The van der Waals surface area contributed by atoms with Crippen LogP contribution in [0.15, 0.2) is 37.9 Å². The molecule has 3 aromatic rings. The van der Waals surface area contributed by atoms with E-state index in [0.29, 0.717) is 5.58 Å². The van der Waals surface area contributed by atoms with Crippen molar-refractivity contribution in [2.45, 2.75) is 13.8 Å². The van der Waals surface area contributed by atoms with Gasteiger partial charge in [-0.05, 0) is 31.5 Å². The topological polar surface area (TPSA) is 43.4 Å². The highest BCUT2D eigenvalue weighted by Crippen LogP contribution is 2.28. The van der Waals surface area contributed by atoms with E-state index in [1.807, 2.05) is 19.9 Å². The lowest BCUT2D eigenvalue weighted by Gasteiger charge is -1.95. The van der Waals surface area contributed by atoms with Gasteiger partial charge < -0.3 is 8.83 Å². The van der Waals surface area contributed by atoms with Gasteiger partial charge in [0.2, 0.25) is 0 Å². The van der Waals surface area contributed by atoms with Gasteiger partial charge in [-0.2, -0.15) is 0 Å². The largest absolute Gasteiger partial charge is 0.461 e. The minimum atomic E-state index is -0.341. The average Bonchev–Trinajstić information content (AvgIpc) is 2.52. The van der Waals surface area contributed by atoms with E-state index in [-0.39, 0.29) is 5.63 Å². The quantitative estimate of drug-likeness (QED) is 0.540. The van der Waals surface area contributed by atoms with Crippen LogP contribution in [0.25, 0.3) is 21.9 Å². The Labute approximate surface area is 91.3 Å². The Morgan fingerprint density at radius 1 is 1.00 bits per heavy atom. The fourth-order valence-corrected chi connectivity index (χ4v) is 1.91. The minimum absolute atomic E-state index is 0.341. The molecule has 2 heterocycles. The van der Waals surface area contributed by atoms with Crippen LogP contribution in [0.3, 0.4) is 0 Å². The predicted octanol–water partition coefficient (Wildman–Crippen LogP) is 3.16. The molecule has 0 spiro atoms. The molecule has 2 aromatic heterocycles. The van der Waals surface area contributed by atoms with E-state index < -0.39 is 0 Å². The Morgan fingerprint density at radius 2 is 1.81 bits per heavy atom. The van der Waals surface area contributed by atoms with Crippen LogP contribution in [-0.4, -0.2) is 0 Å². The van der Waals surface area contributed by atoms with Gasteiger partial charge in [0.15, 0.2) is 0 Å². The molecule has 0 unspecified atom stereocenters. The van der Waals surface area contributed by atoms with Crippen LogP contribution >= 0.6 is 0 Å². The average molecular weight is 214 g/mol. The Kier molecular flexibility index (Phi) is 1.72. The number of hydrogen-bond acceptors (Lipinski definition) is 3. The zero-order valence-corrected chi connectivity index (χ0v) is 9.03. The third-order valence-electron chi connectivity index (χ3n) is 2.92. The summed E-state index contributed by atoms with van der Waals surface area (Å²) in [5, 5.41) is 1.98. The first-order chi connectivity index (χ1) is 7.65. The summed E-state index contributed by atoms with van der Waals surface area (Å²) in [5.41, 5.74) is 2.11. The number of fused-ring (bicyclic) bond motifs is 2. The molecule has 80 valence electrons. The second kappa shape index (κ2) is 2.98. The van der Waals surface area contributed by atoms with Gasteiger partial charge in [-0.3, -0.25) is 0 Å². The molecule has 3 nitrogen and oxygen atoms in total. The van der Waals surface area contributed by atoms with Gasteiger partial charge in [0.05, 0.1) is 0 Å². The van der Waals surface area contributed by atoms with Crippen molar-refractivity contribution in [3.63, 3.8) is 0 Å². The molecule has 0 fully saturated rings. The van der Waals surface area contributed by atoms with Crippen molar-refractivity contribution in [2.24, 2.45) is 0 Å². The van der Waals surface area contributed by atoms with Crippen molar-refractivity contribution >= 4 is 21.9 Å². The van der Waals surface area contributed by atoms with Crippen molar-refractivity contribution in [3.8, 4) is 0 Å². The fraction of sp³-hybridized carbons (Fsp3) is 0.154. The van der Waals surface area contributed by atoms with Crippen LogP contribution in [0.1, 0.15) is 11.3 Å².